The molecule has 2 N–H and O–H groups in total. The smallest absolute Gasteiger partial charge is 0.164 e. The number of aromatic nitrogens is 4. The third kappa shape index (κ3) is 3.91. The molecular weight excluding hydrogens is 400 g/mol. The molecule has 164 valence electrons. The van der Waals surface area contributed by atoms with Gasteiger partial charge in [0.15, 0.2) is 5.65 Å². The number of hydrogen-bond donors (Lipinski definition) is 1. The molecule has 0 amide bonds. The quantitative estimate of drug-likeness (QED) is 0.486. The molecule has 0 saturated carbocycles. The molecule has 1 fully saturated rings. The highest BCUT2D eigenvalue weighted by Gasteiger charge is 2.27. The Labute approximate surface area is 187 Å². The zero-order valence-corrected chi connectivity index (χ0v) is 18.5. The van der Waals surface area contributed by atoms with Crippen molar-refractivity contribution in [2.24, 2.45) is 0 Å². The lowest BCUT2D eigenvalue weighted by atomic mass is 10.0. The van der Waals surface area contributed by atoms with Crippen molar-refractivity contribution in [3.05, 3.63) is 60.9 Å². The molecule has 0 aliphatic carbocycles. The summed E-state index contributed by atoms with van der Waals surface area (Å²) < 4.78 is 8.00. The van der Waals surface area contributed by atoms with Crippen molar-refractivity contribution < 1.29 is 4.74 Å². The lowest BCUT2D eigenvalue weighted by Gasteiger charge is -2.35. The summed E-state index contributed by atoms with van der Waals surface area (Å²) in [7, 11) is 0. The van der Waals surface area contributed by atoms with E-state index < -0.39 is 0 Å². The minimum Gasteiger partial charge on any atom is -0.457 e. The van der Waals surface area contributed by atoms with Crippen molar-refractivity contribution in [1.29, 1.82) is 0 Å². The van der Waals surface area contributed by atoms with Gasteiger partial charge in [0.05, 0.1) is 11.4 Å². The van der Waals surface area contributed by atoms with Crippen LogP contribution in [0.25, 0.3) is 22.3 Å². The number of nitrogen functional groups attached to an aromatic ring is 1. The number of nitrogens with zero attached hydrogens (tertiary/aromatic N) is 5. The number of ether oxygens (including phenoxy) is 1. The van der Waals surface area contributed by atoms with Crippen LogP contribution < -0.4 is 10.5 Å². The first-order valence-electron chi connectivity index (χ1n) is 11.2. The summed E-state index contributed by atoms with van der Waals surface area (Å²) >= 11 is 0. The molecule has 4 aromatic rings. The number of benzene rings is 2. The number of rotatable bonds is 5. The van der Waals surface area contributed by atoms with Crippen molar-refractivity contribution in [3.63, 3.8) is 0 Å². The van der Waals surface area contributed by atoms with E-state index in [0.29, 0.717) is 11.9 Å². The topological polar surface area (TPSA) is 82.1 Å². The van der Waals surface area contributed by atoms with Crippen molar-refractivity contribution in [3.8, 4) is 22.8 Å². The van der Waals surface area contributed by atoms with E-state index in [9.17, 15) is 0 Å². The van der Waals surface area contributed by atoms with Gasteiger partial charge in [0.25, 0.3) is 0 Å². The van der Waals surface area contributed by atoms with Gasteiger partial charge in [-0.3, -0.25) is 4.90 Å². The van der Waals surface area contributed by atoms with Crippen LogP contribution in [0.3, 0.4) is 0 Å². The van der Waals surface area contributed by atoms with Crippen LogP contribution in [0.5, 0.6) is 11.5 Å². The third-order valence-corrected chi connectivity index (χ3v) is 6.13. The van der Waals surface area contributed by atoms with Crippen LogP contribution in [0, 0.1) is 0 Å². The predicted octanol–water partition coefficient (Wildman–Crippen LogP) is 4.91. The molecule has 2 aromatic heterocycles. The first kappa shape index (κ1) is 20.5. The Hall–Kier alpha value is -3.45. The van der Waals surface area contributed by atoms with Crippen LogP contribution in [-0.2, 0) is 0 Å². The second kappa shape index (κ2) is 8.59. The highest BCUT2D eigenvalue weighted by atomic mass is 16.5. The predicted molar refractivity (Wildman–Crippen MR) is 127 cm³/mol. The van der Waals surface area contributed by atoms with E-state index in [1.165, 1.54) is 6.33 Å². The Balaban J connectivity index is 1.50. The first-order chi connectivity index (χ1) is 15.6. The van der Waals surface area contributed by atoms with Gasteiger partial charge in [-0.1, -0.05) is 18.2 Å². The fourth-order valence-corrected chi connectivity index (χ4v) is 4.41. The van der Waals surface area contributed by atoms with Gasteiger partial charge in [-0.05, 0) is 69.6 Å². The summed E-state index contributed by atoms with van der Waals surface area (Å²) in [5.41, 5.74) is 8.88. The number of nitrogens with two attached hydrogens (primary N) is 1. The summed E-state index contributed by atoms with van der Waals surface area (Å²) in [5.74, 6) is 2.03. The molecule has 0 bridgehead atoms. The van der Waals surface area contributed by atoms with Crippen molar-refractivity contribution >= 4 is 16.9 Å². The molecule has 7 heteroatoms. The maximum atomic E-state index is 6.31. The SMILES string of the molecule is CC(C)N1CCC[C@H](n2nc(-c3ccc(Oc4ccccc4)cc3)c3c(N)ncnc32)C1. The van der Waals surface area contributed by atoms with E-state index >= 15 is 0 Å². The van der Waals surface area contributed by atoms with Gasteiger partial charge >= 0.3 is 0 Å². The standard InChI is InChI=1S/C25H28N6O/c1-17(2)30-14-6-7-19(15-30)31-25-22(24(26)27-16-28-25)23(29-31)18-10-12-21(13-11-18)32-20-8-4-3-5-9-20/h3-5,8-13,16-17,19H,6-7,14-15H2,1-2H3,(H2,26,27,28)/t19-/m0/s1. The van der Waals surface area contributed by atoms with Crippen molar-refractivity contribution in [2.75, 3.05) is 18.8 Å². The second-order valence-corrected chi connectivity index (χ2v) is 8.57. The molecule has 1 aliphatic rings. The average Bonchev–Trinajstić information content (AvgIpc) is 3.21. The minimum absolute atomic E-state index is 0.261. The Bertz CT molecular complexity index is 1200. The molecule has 1 saturated heterocycles. The summed E-state index contributed by atoms with van der Waals surface area (Å²) in [5, 5.41) is 5.83. The van der Waals surface area contributed by atoms with E-state index in [0.717, 1.165) is 59.7 Å². The summed E-state index contributed by atoms with van der Waals surface area (Å²) in [6.07, 6.45) is 3.75. The van der Waals surface area contributed by atoms with Gasteiger partial charge in [-0.2, -0.15) is 5.10 Å². The second-order valence-electron chi connectivity index (χ2n) is 8.57. The Morgan fingerprint density at radius 2 is 1.75 bits per heavy atom. The molecule has 5 rings (SSSR count). The maximum absolute atomic E-state index is 6.31. The molecule has 0 unspecified atom stereocenters. The number of anilines is 1. The monoisotopic (exact) mass is 428 g/mol. The molecule has 3 heterocycles. The fraction of sp³-hybridized carbons (Fsp3) is 0.320. The number of fused-ring (bicyclic) bond motifs is 1. The molecule has 7 nitrogen and oxygen atoms in total. The molecule has 0 radical (unpaired) electrons. The Morgan fingerprint density at radius 3 is 2.50 bits per heavy atom. The number of hydrogen-bond acceptors (Lipinski definition) is 6. The Morgan fingerprint density at radius 1 is 1.00 bits per heavy atom. The zero-order valence-electron chi connectivity index (χ0n) is 18.5. The van der Waals surface area contributed by atoms with Gasteiger partial charge in [-0.15, -0.1) is 0 Å². The maximum Gasteiger partial charge on any atom is 0.164 e. The summed E-state index contributed by atoms with van der Waals surface area (Å²) in [6.45, 7) is 6.57. The molecule has 1 atom stereocenters. The highest BCUT2D eigenvalue weighted by Crippen LogP contribution is 2.35. The first-order valence-corrected chi connectivity index (χ1v) is 11.2. The number of piperidine rings is 1. The van der Waals surface area contributed by atoms with Crippen molar-refractivity contribution in [2.45, 2.75) is 38.8 Å². The minimum atomic E-state index is 0.261. The highest BCUT2D eigenvalue weighted by molar-refractivity contribution is 5.98. The van der Waals surface area contributed by atoms with Crippen LogP contribution in [-0.4, -0.2) is 43.8 Å². The van der Waals surface area contributed by atoms with Crippen molar-refractivity contribution in [1.82, 2.24) is 24.6 Å². The molecule has 0 spiro atoms. The van der Waals surface area contributed by atoms with E-state index in [2.05, 4.69) is 33.4 Å². The van der Waals surface area contributed by atoms with Gasteiger partial charge in [0.2, 0.25) is 0 Å². The molecule has 2 aromatic carbocycles. The van der Waals surface area contributed by atoms with E-state index in [4.69, 9.17) is 15.6 Å². The van der Waals surface area contributed by atoms with E-state index in [1.807, 2.05) is 54.6 Å². The zero-order chi connectivity index (χ0) is 22.1. The Kier molecular flexibility index (Phi) is 5.49. The van der Waals surface area contributed by atoms with Gasteiger partial charge in [0.1, 0.15) is 29.3 Å². The molecular formula is C25H28N6O. The molecule has 1 aliphatic heterocycles. The fourth-order valence-electron chi connectivity index (χ4n) is 4.41. The van der Waals surface area contributed by atoms with Crippen LogP contribution in [0.2, 0.25) is 0 Å². The normalized spacial score (nSPS) is 17.2. The van der Waals surface area contributed by atoms with Crippen LogP contribution >= 0.6 is 0 Å². The van der Waals surface area contributed by atoms with Gasteiger partial charge in [-0.25, -0.2) is 14.6 Å². The largest absolute Gasteiger partial charge is 0.457 e. The molecule has 32 heavy (non-hydrogen) atoms. The van der Waals surface area contributed by atoms with Crippen LogP contribution in [0.15, 0.2) is 60.9 Å². The third-order valence-electron chi connectivity index (χ3n) is 6.13. The van der Waals surface area contributed by atoms with Gasteiger partial charge in [0, 0.05) is 18.2 Å². The summed E-state index contributed by atoms with van der Waals surface area (Å²) in [6, 6.07) is 18.5. The van der Waals surface area contributed by atoms with Gasteiger partial charge < -0.3 is 10.5 Å². The summed E-state index contributed by atoms with van der Waals surface area (Å²) in [4.78, 5) is 11.3. The van der Waals surface area contributed by atoms with E-state index in [1.54, 1.807) is 0 Å². The number of para-hydroxylation sites is 1. The lowest BCUT2D eigenvalue weighted by molar-refractivity contribution is 0.139. The van der Waals surface area contributed by atoms with Crippen LogP contribution in [0.4, 0.5) is 5.82 Å². The average molecular weight is 429 g/mol. The lowest BCUT2D eigenvalue weighted by Crippen LogP contribution is -2.41. The van der Waals surface area contributed by atoms with Crippen LogP contribution in [0.1, 0.15) is 32.7 Å². The number of likely N-dealkylation sites (tertiary alicyclic amines) is 1. The van der Waals surface area contributed by atoms with E-state index in [-0.39, 0.29) is 6.04 Å².